The van der Waals surface area contributed by atoms with Crippen LogP contribution >= 0.6 is 11.8 Å². The van der Waals surface area contributed by atoms with Crippen LogP contribution in [0.1, 0.15) is 67.2 Å². The number of aryl methyl sites for hydroxylation is 1. The molecule has 0 saturated carbocycles. The first-order chi connectivity index (χ1) is 20.3. The molecule has 1 unspecified atom stereocenters. The molecule has 2 N–H and O–H groups in total. The number of fused-ring (bicyclic) bond motifs is 1. The second-order valence-corrected chi connectivity index (χ2v) is 12.2. The van der Waals surface area contributed by atoms with Gasteiger partial charge in [-0.05, 0) is 54.0 Å². The molecule has 41 heavy (non-hydrogen) atoms. The lowest BCUT2D eigenvalue weighted by molar-refractivity contribution is -0.118. The number of para-hydroxylation sites is 1. The van der Waals surface area contributed by atoms with Crippen LogP contribution in [0, 0.1) is 0 Å². The lowest BCUT2D eigenvalue weighted by Crippen LogP contribution is -2.31. The maximum atomic E-state index is 13.0. The first-order valence-electron chi connectivity index (χ1n) is 15.2. The Morgan fingerprint density at radius 1 is 0.707 bits per heavy atom. The van der Waals surface area contributed by atoms with Gasteiger partial charge in [0.1, 0.15) is 0 Å². The molecule has 4 heteroatoms. The summed E-state index contributed by atoms with van der Waals surface area (Å²) in [6.07, 6.45) is 9.63. The third-order valence-corrected chi connectivity index (χ3v) is 9.70. The van der Waals surface area contributed by atoms with Crippen molar-refractivity contribution in [1.29, 1.82) is 0 Å². The van der Waals surface area contributed by atoms with Crippen molar-refractivity contribution in [3.05, 3.63) is 138 Å². The molecule has 212 valence electrons. The number of amides is 1. The molecule has 4 aromatic carbocycles. The van der Waals surface area contributed by atoms with Crippen molar-refractivity contribution in [3.8, 4) is 0 Å². The summed E-state index contributed by atoms with van der Waals surface area (Å²) in [5, 5.41) is 6.92. The highest BCUT2D eigenvalue weighted by Crippen LogP contribution is 2.48. The summed E-state index contributed by atoms with van der Waals surface area (Å²) in [7, 11) is 0. The SMILES string of the molecule is O=C(CSC(c1ccccc1)(c1ccccc1)c1ccccc1)NCCCCCCCC1CCc2ccccc2N1. The number of thioether (sulfide) groups is 1. The van der Waals surface area contributed by atoms with Crippen molar-refractivity contribution in [1.82, 2.24) is 5.32 Å². The molecule has 1 aliphatic heterocycles. The van der Waals surface area contributed by atoms with Crippen LogP contribution in [-0.4, -0.2) is 24.2 Å². The number of nitrogens with one attached hydrogen (secondary N) is 2. The van der Waals surface area contributed by atoms with Gasteiger partial charge in [0.2, 0.25) is 5.91 Å². The van der Waals surface area contributed by atoms with Crippen LogP contribution < -0.4 is 10.6 Å². The molecule has 0 fully saturated rings. The Morgan fingerprint density at radius 3 is 1.88 bits per heavy atom. The Hall–Kier alpha value is -3.50. The zero-order chi connectivity index (χ0) is 28.2. The Labute approximate surface area is 250 Å². The Bertz CT molecular complexity index is 1250. The van der Waals surface area contributed by atoms with E-state index in [0.717, 1.165) is 19.4 Å². The molecule has 0 radical (unpaired) electrons. The molecule has 3 nitrogen and oxygen atoms in total. The van der Waals surface area contributed by atoms with E-state index >= 15 is 0 Å². The molecule has 1 amide bonds. The monoisotopic (exact) mass is 562 g/mol. The first-order valence-corrected chi connectivity index (χ1v) is 16.2. The molecule has 0 bridgehead atoms. The van der Waals surface area contributed by atoms with E-state index in [2.05, 4.69) is 108 Å². The van der Waals surface area contributed by atoms with Crippen molar-refractivity contribution in [2.75, 3.05) is 17.6 Å². The average Bonchev–Trinajstić information content (AvgIpc) is 3.04. The Kier molecular flexibility index (Phi) is 10.6. The van der Waals surface area contributed by atoms with E-state index < -0.39 is 4.75 Å². The standard InChI is InChI=1S/C37H42N2OS/c40-36(38-28-16-3-1-2-13-24-34-27-26-30-17-14-15-25-35(30)39-34)29-41-37(31-18-7-4-8-19-31,32-20-9-5-10-21-32)33-22-11-6-12-23-33/h4-12,14-15,17-23,25,34,39H,1-3,13,16,24,26-29H2,(H,38,40). The largest absolute Gasteiger partial charge is 0.382 e. The summed E-state index contributed by atoms with van der Waals surface area (Å²) in [5.74, 6) is 0.502. The summed E-state index contributed by atoms with van der Waals surface area (Å²) in [6.45, 7) is 0.745. The molecule has 1 heterocycles. The van der Waals surface area contributed by atoms with Gasteiger partial charge in [-0.15, -0.1) is 11.8 Å². The fourth-order valence-corrected chi connectivity index (χ4v) is 7.34. The average molecular weight is 563 g/mol. The third kappa shape index (κ3) is 7.62. The van der Waals surface area contributed by atoms with Gasteiger partial charge >= 0.3 is 0 Å². The minimum absolute atomic E-state index is 0.103. The molecule has 0 saturated heterocycles. The lowest BCUT2D eigenvalue weighted by atomic mass is 9.84. The van der Waals surface area contributed by atoms with Gasteiger partial charge in [0.25, 0.3) is 0 Å². The number of rotatable bonds is 14. The number of anilines is 1. The second-order valence-electron chi connectivity index (χ2n) is 11.0. The summed E-state index contributed by atoms with van der Waals surface area (Å²) >= 11 is 1.70. The van der Waals surface area contributed by atoms with E-state index in [9.17, 15) is 4.79 Å². The van der Waals surface area contributed by atoms with E-state index in [1.165, 1.54) is 66.5 Å². The van der Waals surface area contributed by atoms with Crippen LogP contribution in [0.3, 0.4) is 0 Å². The van der Waals surface area contributed by atoms with Gasteiger partial charge in [-0.1, -0.05) is 135 Å². The number of hydrogen-bond acceptors (Lipinski definition) is 3. The predicted molar refractivity (Wildman–Crippen MR) is 175 cm³/mol. The summed E-state index contributed by atoms with van der Waals surface area (Å²) in [6, 6.07) is 41.0. The van der Waals surface area contributed by atoms with Crippen molar-refractivity contribution >= 4 is 23.4 Å². The van der Waals surface area contributed by atoms with Crippen molar-refractivity contribution in [3.63, 3.8) is 0 Å². The topological polar surface area (TPSA) is 41.1 Å². The second kappa shape index (κ2) is 14.9. The molecule has 0 aliphatic carbocycles. The summed E-state index contributed by atoms with van der Waals surface area (Å²) in [5.41, 5.74) is 6.33. The third-order valence-electron chi connectivity index (χ3n) is 8.15. The lowest BCUT2D eigenvalue weighted by Gasteiger charge is -2.35. The first kappa shape index (κ1) is 29.0. The Morgan fingerprint density at radius 2 is 1.24 bits per heavy atom. The van der Waals surface area contributed by atoms with Crippen molar-refractivity contribution in [2.24, 2.45) is 0 Å². The van der Waals surface area contributed by atoms with E-state index in [4.69, 9.17) is 0 Å². The van der Waals surface area contributed by atoms with Crippen molar-refractivity contribution in [2.45, 2.75) is 62.2 Å². The highest BCUT2D eigenvalue weighted by molar-refractivity contribution is 8.01. The molecular weight excluding hydrogens is 520 g/mol. The summed E-state index contributed by atoms with van der Waals surface area (Å²) < 4.78 is -0.462. The molecule has 1 atom stereocenters. The molecule has 1 aliphatic rings. The van der Waals surface area contributed by atoms with Crippen LogP contribution in [-0.2, 0) is 16.0 Å². The number of carbonyl (C=O) groups excluding carboxylic acids is 1. The predicted octanol–water partition coefficient (Wildman–Crippen LogP) is 8.60. The minimum Gasteiger partial charge on any atom is -0.382 e. The quantitative estimate of drug-likeness (QED) is 0.119. The van der Waals surface area contributed by atoms with Crippen LogP contribution in [0.2, 0.25) is 0 Å². The maximum absolute atomic E-state index is 13.0. The maximum Gasteiger partial charge on any atom is 0.230 e. The van der Waals surface area contributed by atoms with E-state index in [1.54, 1.807) is 11.8 Å². The van der Waals surface area contributed by atoms with E-state index in [1.807, 2.05) is 18.2 Å². The minimum atomic E-state index is -0.462. The Balaban J connectivity index is 1.07. The molecule has 0 aromatic heterocycles. The van der Waals surface area contributed by atoms with Gasteiger partial charge in [0, 0.05) is 18.3 Å². The zero-order valence-corrected chi connectivity index (χ0v) is 24.8. The number of benzene rings is 4. The zero-order valence-electron chi connectivity index (χ0n) is 23.9. The van der Waals surface area contributed by atoms with Crippen LogP contribution in [0.25, 0.3) is 0 Å². The molecule has 5 rings (SSSR count). The fraction of sp³-hybridized carbons (Fsp3) is 0.324. The van der Waals surface area contributed by atoms with Gasteiger partial charge in [0.15, 0.2) is 0 Å². The van der Waals surface area contributed by atoms with Crippen LogP contribution in [0.15, 0.2) is 115 Å². The van der Waals surface area contributed by atoms with Crippen LogP contribution in [0.4, 0.5) is 5.69 Å². The highest BCUT2D eigenvalue weighted by atomic mass is 32.2. The molecule has 4 aromatic rings. The van der Waals surface area contributed by atoms with E-state index in [0.29, 0.717) is 11.8 Å². The smallest absolute Gasteiger partial charge is 0.230 e. The number of carbonyl (C=O) groups is 1. The molecular formula is C37H42N2OS. The molecule has 0 spiro atoms. The fourth-order valence-electron chi connectivity index (χ4n) is 5.98. The van der Waals surface area contributed by atoms with Gasteiger partial charge in [-0.2, -0.15) is 0 Å². The van der Waals surface area contributed by atoms with E-state index in [-0.39, 0.29) is 5.91 Å². The number of hydrogen-bond donors (Lipinski definition) is 2. The van der Waals surface area contributed by atoms with Gasteiger partial charge in [-0.25, -0.2) is 0 Å². The number of unbranched alkanes of at least 4 members (excludes halogenated alkanes) is 4. The van der Waals surface area contributed by atoms with Gasteiger partial charge < -0.3 is 10.6 Å². The summed E-state index contributed by atoms with van der Waals surface area (Å²) in [4.78, 5) is 13.0. The normalized spacial score (nSPS) is 14.6. The van der Waals surface area contributed by atoms with Crippen LogP contribution in [0.5, 0.6) is 0 Å². The highest BCUT2D eigenvalue weighted by Gasteiger charge is 2.37. The van der Waals surface area contributed by atoms with Crippen molar-refractivity contribution < 1.29 is 4.79 Å². The van der Waals surface area contributed by atoms with Gasteiger partial charge in [-0.3, -0.25) is 4.79 Å². The van der Waals surface area contributed by atoms with Gasteiger partial charge in [0.05, 0.1) is 10.5 Å².